The zero-order valence-electron chi connectivity index (χ0n) is 13.5. The zero-order chi connectivity index (χ0) is 17.6. The van der Waals surface area contributed by atoms with E-state index in [2.05, 4.69) is 26.7 Å². The Balaban J connectivity index is 1.78. The standard InChI is InChI=1S/C19H16BrNO3S/c1-24-18-10-8-14(11-16(18)20)25(22,23)21-17-9-7-13-6-5-12-3-2-4-15(17)19(12)13/h2-4,7-11,21H,5-6H2,1H3. The Bertz CT molecular complexity index is 1080. The molecule has 0 heterocycles. The summed E-state index contributed by atoms with van der Waals surface area (Å²) in [5, 5.41) is 2.13. The summed E-state index contributed by atoms with van der Waals surface area (Å²) in [4.78, 5) is 0.184. The SMILES string of the molecule is COc1ccc(S(=O)(=O)Nc2ccc3c4c(cccc24)CC3)cc1Br. The third-order valence-electron chi connectivity index (χ3n) is 4.55. The van der Waals surface area contributed by atoms with Crippen LogP contribution in [0.5, 0.6) is 5.75 Å². The van der Waals surface area contributed by atoms with Gasteiger partial charge in [0.25, 0.3) is 10.0 Å². The van der Waals surface area contributed by atoms with E-state index < -0.39 is 10.0 Å². The first kappa shape index (κ1) is 16.4. The second-order valence-corrected chi connectivity index (χ2v) is 8.55. The van der Waals surface area contributed by atoms with E-state index in [1.807, 2.05) is 24.3 Å². The Morgan fingerprint density at radius 2 is 1.80 bits per heavy atom. The molecule has 4 nitrogen and oxygen atoms in total. The van der Waals surface area contributed by atoms with Gasteiger partial charge in [-0.2, -0.15) is 0 Å². The van der Waals surface area contributed by atoms with Crippen LogP contribution in [0.2, 0.25) is 0 Å². The van der Waals surface area contributed by atoms with Gasteiger partial charge in [-0.05, 0) is 69.6 Å². The van der Waals surface area contributed by atoms with E-state index in [-0.39, 0.29) is 4.90 Å². The van der Waals surface area contributed by atoms with E-state index >= 15 is 0 Å². The lowest BCUT2D eigenvalue weighted by Crippen LogP contribution is -2.13. The summed E-state index contributed by atoms with van der Waals surface area (Å²) in [5.41, 5.74) is 3.16. The van der Waals surface area contributed by atoms with Gasteiger partial charge in [-0.25, -0.2) is 8.42 Å². The van der Waals surface area contributed by atoms with E-state index in [4.69, 9.17) is 4.74 Å². The summed E-state index contributed by atoms with van der Waals surface area (Å²) in [5.74, 6) is 0.587. The number of benzene rings is 3. The Labute approximate surface area is 155 Å². The second-order valence-electron chi connectivity index (χ2n) is 6.01. The smallest absolute Gasteiger partial charge is 0.261 e. The Morgan fingerprint density at radius 1 is 1.04 bits per heavy atom. The van der Waals surface area contributed by atoms with E-state index in [1.165, 1.54) is 22.6 Å². The molecule has 1 aliphatic rings. The summed E-state index contributed by atoms with van der Waals surface area (Å²) in [7, 11) is -2.15. The molecule has 0 radical (unpaired) electrons. The molecular formula is C19H16BrNO3S. The molecule has 0 aliphatic heterocycles. The van der Waals surface area contributed by atoms with Crippen LogP contribution in [-0.4, -0.2) is 15.5 Å². The van der Waals surface area contributed by atoms with Crippen molar-refractivity contribution < 1.29 is 13.2 Å². The van der Waals surface area contributed by atoms with E-state index in [9.17, 15) is 8.42 Å². The molecule has 3 aromatic carbocycles. The number of rotatable bonds is 4. The highest BCUT2D eigenvalue weighted by Crippen LogP contribution is 2.36. The molecule has 128 valence electrons. The number of ether oxygens (including phenoxy) is 1. The number of hydrogen-bond acceptors (Lipinski definition) is 3. The summed E-state index contributed by atoms with van der Waals surface area (Å²) in [6.07, 6.45) is 2.02. The van der Waals surface area contributed by atoms with Crippen molar-refractivity contribution in [3.63, 3.8) is 0 Å². The van der Waals surface area contributed by atoms with Crippen LogP contribution in [0.4, 0.5) is 5.69 Å². The number of anilines is 1. The number of nitrogens with one attached hydrogen (secondary N) is 1. The molecule has 3 aromatic rings. The summed E-state index contributed by atoms with van der Waals surface area (Å²) >= 11 is 3.34. The van der Waals surface area contributed by atoms with Crippen LogP contribution in [0.1, 0.15) is 11.1 Å². The van der Waals surface area contributed by atoms with Crippen molar-refractivity contribution in [2.45, 2.75) is 17.7 Å². The predicted molar refractivity (Wildman–Crippen MR) is 103 cm³/mol. The minimum absolute atomic E-state index is 0.184. The maximum atomic E-state index is 12.8. The Morgan fingerprint density at radius 3 is 2.52 bits per heavy atom. The van der Waals surface area contributed by atoms with Crippen LogP contribution >= 0.6 is 15.9 Å². The highest BCUT2D eigenvalue weighted by molar-refractivity contribution is 9.10. The number of sulfonamides is 1. The highest BCUT2D eigenvalue weighted by atomic mass is 79.9. The number of methoxy groups -OCH3 is 1. The molecule has 0 atom stereocenters. The number of aryl methyl sites for hydroxylation is 2. The topological polar surface area (TPSA) is 55.4 Å². The van der Waals surface area contributed by atoms with Gasteiger partial charge in [0, 0.05) is 5.39 Å². The lowest BCUT2D eigenvalue weighted by atomic mass is 10.0. The first-order valence-corrected chi connectivity index (χ1v) is 10.2. The fraction of sp³-hybridized carbons (Fsp3) is 0.158. The fourth-order valence-electron chi connectivity index (χ4n) is 3.35. The average Bonchev–Trinajstić information content (AvgIpc) is 3.02. The van der Waals surface area contributed by atoms with Crippen LogP contribution in [0.3, 0.4) is 0 Å². The summed E-state index contributed by atoms with van der Waals surface area (Å²) in [6, 6.07) is 14.6. The predicted octanol–water partition coefficient (Wildman–Crippen LogP) is 4.51. The van der Waals surface area contributed by atoms with Crippen LogP contribution in [0, 0.1) is 0 Å². The van der Waals surface area contributed by atoms with Crippen LogP contribution < -0.4 is 9.46 Å². The fourth-order valence-corrected chi connectivity index (χ4v) is 5.15. The van der Waals surface area contributed by atoms with E-state index in [1.54, 1.807) is 19.2 Å². The molecule has 0 saturated carbocycles. The quantitative estimate of drug-likeness (QED) is 0.679. The summed E-state index contributed by atoms with van der Waals surface area (Å²) < 4.78 is 34.1. The number of halogens is 1. The van der Waals surface area contributed by atoms with Gasteiger partial charge in [0.2, 0.25) is 0 Å². The minimum atomic E-state index is -3.69. The van der Waals surface area contributed by atoms with Crippen molar-refractivity contribution in [3.8, 4) is 5.75 Å². The Kier molecular flexibility index (Phi) is 3.96. The first-order chi connectivity index (χ1) is 12.0. The van der Waals surface area contributed by atoms with Crippen molar-refractivity contribution in [2.24, 2.45) is 0 Å². The highest BCUT2D eigenvalue weighted by Gasteiger charge is 2.20. The van der Waals surface area contributed by atoms with E-state index in [0.717, 1.165) is 18.2 Å². The third-order valence-corrected chi connectivity index (χ3v) is 6.54. The maximum absolute atomic E-state index is 12.8. The van der Waals surface area contributed by atoms with Crippen LogP contribution in [-0.2, 0) is 22.9 Å². The molecule has 4 rings (SSSR count). The van der Waals surface area contributed by atoms with Gasteiger partial charge < -0.3 is 4.74 Å². The van der Waals surface area contributed by atoms with E-state index in [0.29, 0.717) is 15.9 Å². The maximum Gasteiger partial charge on any atom is 0.261 e. The van der Waals surface area contributed by atoms with Crippen molar-refractivity contribution in [2.75, 3.05) is 11.8 Å². The van der Waals surface area contributed by atoms with Crippen molar-refractivity contribution in [3.05, 3.63) is 64.1 Å². The number of hydrogen-bond donors (Lipinski definition) is 1. The van der Waals surface area contributed by atoms with Gasteiger partial charge in [-0.3, -0.25) is 4.72 Å². The van der Waals surface area contributed by atoms with Gasteiger partial charge >= 0.3 is 0 Å². The zero-order valence-corrected chi connectivity index (χ0v) is 15.9. The first-order valence-electron chi connectivity index (χ1n) is 7.89. The van der Waals surface area contributed by atoms with Crippen LogP contribution in [0.25, 0.3) is 10.8 Å². The molecule has 6 heteroatoms. The normalized spacial score (nSPS) is 13.2. The molecule has 1 N–H and O–H groups in total. The molecule has 1 aliphatic carbocycles. The monoisotopic (exact) mass is 417 g/mol. The molecular weight excluding hydrogens is 402 g/mol. The van der Waals surface area contributed by atoms with Gasteiger partial charge in [0.1, 0.15) is 5.75 Å². The molecule has 0 spiro atoms. The van der Waals surface area contributed by atoms with Gasteiger partial charge in [0.05, 0.1) is 22.2 Å². The Hall–Kier alpha value is -2.05. The van der Waals surface area contributed by atoms with Gasteiger partial charge in [0.15, 0.2) is 0 Å². The third kappa shape index (κ3) is 2.79. The lowest BCUT2D eigenvalue weighted by molar-refractivity contribution is 0.411. The molecule has 0 amide bonds. The molecule has 0 fully saturated rings. The second kappa shape index (κ2) is 6.04. The van der Waals surface area contributed by atoms with Crippen molar-refractivity contribution in [1.29, 1.82) is 0 Å². The summed E-state index contributed by atoms with van der Waals surface area (Å²) in [6.45, 7) is 0. The van der Waals surface area contributed by atoms with Gasteiger partial charge in [-0.15, -0.1) is 0 Å². The van der Waals surface area contributed by atoms with Crippen LogP contribution in [0.15, 0.2) is 57.9 Å². The largest absolute Gasteiger partial charge is 0.496 e. The molecule has 0 aromatic heterocycles. The van der Waals surface area contributed by atoms with Gasteiger partial charge in [-0.1, -0.05) is 24.3 Å². The molecule has 25 heavy (non-hydrogen) atoms. The average molecular weight is 418 g/mol. The molecule has 0 bridgehead atoms. The lowest BCUT2D eigenvalue weighted by Gasteiger charge is -2.13. The minimum Gasteiger partial charge on any atom is -0.496 e. The molecule has 0 saturated heterocycles. The van der Waals surface area contributed by atoms with Crippen molar-refractivity contribution in [1.82, 2.24) is 0 Å². The molecule has 0 unspecified atom stereocenters. The van der Waals surface area contributed by atoms with Crippen molar-refractivity contribution >= 4 is 42.4 Å².